The van der Waals surface area contributed by atoms with Crippen LogP contribution in [0, 0.1) is 5.41 Å². The van der Waals surface area contributed by atoms with Crippen LogP contribution in [0.4, 0.5) is 17.5 Å². The second-order valence-electron chi connectivity index (χ2n) is 10.4. The fourth-order valence-corrected chi connectivity index (χ4v) is 6.79. The van der Waals surface area contributed by atoms with E-state index in [-0.39, 0.29) is 33.6 Å². The molecule has 1 unspecified atom stereocenters. The van der Waals surface area contributed by atoms with Crippen LogP contribution in [0.25, 0.3) is 5.65 Å². The molecule has 1 saturated carbocycles. The van der Waals surface area contributed by atoms with Gasteiger partial charge in [-0.25, -0.2) is 0 Å². The number of benzene rings is 1. The number of aromatic nitrogens is 5. The number of hydrogen-bond donors (Lipinski definition) is 4. The van der Waals surface area contributed by atoms with Crippen LogP contribution in [0.5, 0.6) is 5.88 Å². The van der Waals surface area contributed by atoms with E-state index in [0.29, 0.717) is 15.9 Å². The fraction of sp³-hybridized carbons (Fsp3) is 0.333. The molecule has 1 atom stereocenters. The Morgan fingerprint density at radius 2 is 1.93 bits per heavy atom. The first-order chi connectivity index (χ1) is 19.8. The van der Waals surface area contributed by atoms with Crippen molar-refractivity contribution in [1.82, 2.24) is 24.6 Å². The molecule has 2 aliphatic rings. The highest BCUT2D eigenvalue weighted by molar-refractivity contribution is 7.99. The fourth-order valence-electron chi connectivity index (χ4n) is 5.72. The van der Waals surface area contributed by atoms with Crippen LogP contribution in [-0.2, 0) is 0 Å². The maximum absolute atomic E-state index is 13.0. The maximum Gasteiger partial charge on any atom is 0.274 e. The van der Waals surface area contributed by atoms with Crippen molar-refractivity contribution in [3.8, 4) is 5.88 Å². The van der Waals surface area contributed by atoms with Gasteiger partial charge in [0.25, 0.3) is 11.5 Å². The number of nitrogens with zero attached hydrogens (tertiary/aromatic N) is 6. The Hall–Kier alpha value is -3.94. The molecule has 1 saturated heterocycles. The number of fused-ring (bicyclic) bond motifs is 1. The number of aromatic hydroxyl groups is 1. The number of pyridine rings is 1. The molecule has 4 aromatic rings. The van der Waals surface area contributed by atoms with Gasteiger partial charge in [0.05, 0.1) is 10.7 Å². The van der Waals surface area contributed by atoms with Crippen molar-refractivity contribution in [3.63, 3.8) is 0 Å². The van der Waals surface area contributed by atoms with Gasteiger partial charge in [0, 0.05) is 30.2 Å². The van der Waals surface area contributed by atoms with Crippen molar-refractivity contribution in [1.29, 1.82) is 0 Å². The summed E-state index contributed by atoms with van der Waals surface area (Å²) in [5.74, 6) is -0.835. The third-order valence-electron chi connectivity index (χ3n) is 8.05. The van der Waals surface area contributed by atoms with Crippen LogP contribution in [-0.4, -0.2) is 54.7 Å². The monoisotopic (exact) mass is 593 g/mol. The maximum atomic E-state index is 13.0. The summed E-state index contributed by atoms with van der Waals surface area (Å²) in [5, 5.41) is 22.1. The molecule has 1 spiro atoms. The molecule has 1 amide bonds. The number of nitrogens with two attached hydrogens (primary N) is 2. The van der Waals surface area contributed by atoms with Gasteiger partial charge in [-0.1, -0.05) is 41.9 Å². The molecule has 1 aromatic carbocycles. The van der Waals surface area contributed by atoms with Gasteiger partial charge in [-0.05, 0) is 55.4 Å². The third-order valence-corrected chi connectivity index (χ3v) is 9.61. The zero-order chi connectivity index (χ0) is 28.7. The summed E-state index contributed by atoms with van der Waals surface area (Å²) in [7, 11) is 0. The van der Waals surface area contributed by atoms with Crippen molar-refractivity contribution in [2.24, 2.45) is 11.1 Å². The summed E-state index contributed by atoms with van der Waals surface area (Å²) in [4.78, 5) is 36.9. The van der Waals surface area contributed by atoms with Crippen molar-refractivity contribution in [2.75, 3.05) is 29.0 Å². The van der Waals surface area contributed by atoms with E-state index in [9.17, 15) is 14.7 Å². The van der Waals surface area contributed by atoms with Gasteiger partial charge in [-0.3, -0.25) is 14.0 Å². The largest absolute Gasteiger partial charge is 0.493 e. The Morgan fingerprint density at radius 1 is 1.12 bits per heavy atom. The first-order valence-corrected chi connectivity index (χ1v) is 14.4. The molecular formula is C27H28ClN9O3S. The number of anilines is 3. The number of nitrogens with one attached hydrogen (secondary N) is 1. The third kappa shape index (κ3) is 5.04. The second kappa shape index (κ2) is 10.8. The van der Waals surface area contributed by atoms with E-state index in [1.54, 1.807) is 36.4 Å². The Labute approximate surface area is 244 Å². The van der Waals surface area contributed by atoms with Crippen LogP contribution < -0.4 is 27.2 Å². The van der Waals surface area contributed by atoms with Crippen molar-refractivity contribution < 1.29 is 9.90 Å². The van der Waals surface area contributed by atoms with Crippen LogP contribution in [0.15, 0.2) is 57.3 Å². The van der Waals surface area contributed by atoms with E-state index in [4.69, 9.17) is 23.1 Å². The molecule has 41 heavy (non-hydrogen) atoms. The molecular weight excluding hydrogens is 566 g/mol. The lowest BCUT2D eigenvalue weighted by Crippen LogP contribution is -2.47. The summed E-state index contributed by atoms with van der Waals surface area (Å²) < 4.78 is 1.17. The highest BCUT2D eigenvalue weighted by Gasteiger charge is 2.43. The summed E-state index contributed by atoms with van der Waals surface area (Å²) in [6.07, 6.45) is 6.92. The van der Waals surface area contributed by atoms with Crippen molar-refractivity contribution in [2.45, 2.75) is 48.1 Å². The number of amides is 1. The summed E-state index contributed by atoms with van der Waals surface area (Å²) in [6, 6.07) is 10.1. The van der Waals surface area contributed by atoms with Crippen LogP contribution in [0.1, 0.15) is 42.5 Å². The number of hydrogen-bond acceptors (Lipinski definition) is 11. The Kier molecular flexibility index (Phi) is 7.18. The minimum Gasteiger partial charge on any atom is -0.493 e. The summed E-state index contributed by atoms with van der Waals surface area (Å²) in [6.45, 7) is 1.61. The van der Waals surface area contributed by atoms with E-state index in [0.717, 1.165) is 44.1 Å². The van der Waals surface area contributed by atoms with Gasteiger partial charge in [0.15, 0.2) is 16.4 Å². The molecule has 1 aliphatic carbocycles. The molecule has 6 N–H and O–H groups in total. The molecule has 0 bridgehead atoms. The molecule has 3 aromatic heterocycles. The van der Waals surface area contributed by atoms with Gasteiger partial charge in [-0.2, -0.15) is 9.97 Å². The van der Waals surface area contributed by atoms with E-state index in [1.165, 1.54) is 23.4 Å². The molecule has 0 radical (unpaired) electrons. The molecule has 14 heteroatoms. The van der Waals surface area contributed by atoms with Crippen molar-refractivity contribution in [3.05, 3.63) is 63.5 Å². The summed E-state index contributed by atoms with van der Waals surface area (Å²) >= 11 is 7.77. The molecule has 12 nitrogen and oxygen atoms in total. The summed E-state index contributed by atoms with van der Waals surface area (Å²) in [5.41, 5.74) is 12.1. The van der Waals surface area contributed by atoms with Gasteiger partial charge in [-0.15, -0.1) is 10.2 Å². The van der Waals surface area contributed by atoms with E-state index >= 15 is 0 Å². The van der Waals surface area contributed by atoms with E-state index in [1.807, 2.05) is 0 Å². The van der Waals surface area contributed by atoms with Gasteiger partial charge < -0.3 is 26.8 Å². The minimum absolute atomic E-state index is 0.193. The average Bonchev–Trinajstić information content (AvgIpc) is 3.31. The van der Waals surface area contributed by atoms with Crippen LogP contribution >= 0.6 is 23.4 Å². The number of nitrogen functional groups attached to an aromatic ring is 1. The lowest BCUT2D eigenvalue weighted by Gasteiger charge is -2.42. The number of halogens is 1. The highest BCUT2D eigenvalue weighted by atomic mass is 35.5. The smallest absolute Gasteiger partial charge is 0.274 e. The zero-order valence-electron chi connectivity index (χ0n) is 22.0. The van der Waals surface area contributed by atoms with Gasteiger partial charge >= 0.3 is 0 Å². The number of carbonyl (C=O) groups excluding carboxylic acids is 1. The Bertz CT molecular complexity index is 1710. The predicted octanol–water partition coefficient (Wildman–Crippen LogP) is 3.32. The number of carbonyl (C=O) groups is 1. The highest BCUT2D eigenvalue weighted by Crippen LogP contribution is 2.46. The van der Waals surface area contributed by atoms with E-state index in [2.05, 4.69) is 30.4 Å². The predicted molar refractivity (Wildman–Crippen MR) is 157 cm³/mol. The SMILES string of the molecule is Nc1nc(N2CCC3(CCCC3N)CC2)nnc1Sc1cccc(NC(=O)c2c(O)nc3ccccn3c2=O)c1Cl. The second-order valence-corrected chi connectivity index (χ2v) is 11.8. The standard InChI is InChI=1S/C27H28ClN9O3S/c28-20-15(31-22(38)19-23(39)32-18-8-1-2-12-37(18)25(19)40)5-3-6-16(20)41-24-21(30)33-26(35-34-24)36-13-10-27(11-14-36)9-4-7-17(27)29/h1-3,5-6,8,12,17,39H,4,7,9-11,13-14,29H2,(H,31,38)(H2,30,33,35). The minimum atomic E-state index is -0.852. The van der Waals surface area contributed by atoms with Crippen molar-refractivity contribution >= 4 is 52.4 Å². The topological polar surface area (TPSA) is 178 Å². The molecule has 1 aliphatic heterocycles. The Balaban J connectivity index is 1.18. The first kappa shape index (κ1) is 27.2. The number of piperidine rings is 1. The average molecular weight is 594 g/mol. The van der Waals surface area contributed by atoms with Gasteiger partial charge in [0.2, 0.25) is 11.8 Å². The van der Waals surface area contributed by atoms with Gasteiger partial charge in [0.1, 0.15) is 5.65 Å². The molecule has 6 rings (SSSR count). The van der Waals surface area contributed by atoms with Crippen LogP contribution in [0.2, 0.25) is 5.02 Å². The lowest BCUT2D eigenvalue weighted by molar-refractivity contribution is 0.102. The first-order valence-electron chi connectivity index (χ1n) is 13.2. The number of rotatable bonds is 5. The van der Waals surface area contributed by atoms with Crippen LogP contribution in [0.3, 0.4) is 0 Å². The Morgan fingerprint density at radius 3 is 2.66 bits per heavy atom. The zero-order valence-corrected chi connectivity index (χ0v) is 23.5. The lowest BCUT2D eigenvalue weighted by atomic mass is 9.74. The molecule has 212 valence electrons. The normalized spacial score (nSPS) is 18.2. The van der Waals surface area contributed by atoms with E-state index < -0.39 is 22.9 Å². The molecule has 4 heterocycles. The quantitative estimate of drug-likeness (QED) is 0.267. The molecule has 2 fully saturated rings.